The Balaban J connectivity index is 1.76. The zero-order valence-corrected chi connectivity index (χ0v) is 11.2. The van der Waals surface area contributed by atoms with Crippen LogP contribution in [0.2, 0.25) is 0 Å². The molecular weight excluding hydrogens is 266 g/mol. The summed E-state index contributed by atoms with van der Waals surface area (Å²) in [6.07, 6.45) is 2.60. The fourth-order valence-corrected chi connectivity index (χ4v) is 3.04. The molecule has 5 nitrogen and oxygen atoms in total. The molecule has 3 rings (SSSR count). The van der Waals surface area contributed by atoms with Crippen molar-refractivity contribution in [2.45, 2.75) is 19.1 Å². The summed E-state index contributed by atoms with van der Waals surface area (Å²) < 4.78 is 16.4. The first kappa shape index (κ1) is 12.5. The molecule has 1 aliphatic heterocycles. The zero-order chi connectivity index (χ0) is 13.3. The van der Waals surface area contributed by atoms with Gasteiger partial charge in [0.15, 0.2) is 12.2 Å². The first-order valence-corrected chi connectivity index (χ1v) is 6.78. The lowest BCUT2D eigenvalue weighted by molar-refractivity contribution is -0.146. The van der Waals surface area contributed by atoms with E-state index in [9.17, 15) is 4.79 Å². The Morgan fingerprint density at radius 1 is 1.42 bits per heavy atom. The molecule has 1 aliphatic rings. The van der Waals surface area contributed by atoms with Gasteiger partial charge in [-0.15, -0.1) is 11.3 Å². The van der Waals surface area contributed by atoms with E-state index in [2.05, 4.69) is 4.98 Å². The van der Waals surface area contributed by atoms with Gasteiger partial charge in [0.25, 0.3) is 0 Å². The van der Waals surface area contributed by atoms with Crippen LogP contribution in [0.4, 0.5) is 0 Å². The van der Waals surface area contributed by atoms with E-state index in [1.165, 1.54) is 6.26 Å². The molecule has 100 valence electrons. The number of hydrogen-bond donors (Lipinski definition) is 0. The lowest BCUT2D eigenvalue weighted by Crippen LogP contribution is -2.20. The molecule has 6 heteroatoms. The maximum Gasteiger partial charge on any atom is 0.201 e. The topological polar surface area (TPSA) is 61.6 Å². The predicted molar refractivity (Wildman–Crippen MR) is 68.3 cm³/mol. The van der Waals surface area contributed by atoms with Gasteiger partial charge < -0.3 is 13.9 Å². The van der Waals surface area contributed by atoms with Crippen molar-refractivity contribution in [3.8, 4) is 0 Å². The van der Waals surface area contributed by atoms with Gasteiger partial charge >= 0.3 is 0 Å². The first-order valence-electron chi connectivity index (χ1n) is 5.96. The standard InChI is InChI=1S/C13H13NO4S/c1-13(17-4-5-18-13)11-3-2-10(19-11)6-12-14-9(7-15)8-16-12/h2-3,7-8H,4-6H2,1H3. The van der Waals surface area contributed by atoms with E-state index in [4.69, 9.17) is 13.9 Å². The molecule has 1 fully saturated rings. The monoisotopic (exact) mass is 279 g/mol. The normalized spacial score (nSPS) is 17.7. The van der Waals surface area contributed by atoms with Gasteiger partial charge in [0.05, 0.1) is 24.5 Å². The number of oxazole rings is 1. The molecule has 0 aromatic carbocycles. The van der Waals surface area contributed by atoms with Crippen LogP contribution in [-0.2, 0) is 21.7 Å². The van der Waals surface area contributed by atoms with E-state index < -0.39 is 5.79 Å². The Morgan fingerprint density at radius 3 is 2.89 bits per heavy atom. The van der Waals surface area contributed by atoms with Crippen molar-refractivity contribution < 1.29 is 18.7 Å². The van der Waals surface area contributed by atoms with Crippen molar-refractivity contribution in [3.63, 3.8) is 0 Å². The molecule has 0 bridgehead atoms. The van der Waals surface area contributed by atoms with Gasteiger partial charge in [-0.25, -0.2) is 4.98 Å². The van der Waals surface area contributed by atoms with Gasteiger partial charge in [0.2, 0.25) is 5.79 Å². The molecule has 19 heavy (non-hydrogen) atoms. The summed E-state index contributed by atoms with van der Waals surface area (Å²) in [6, 6.07) is 4.00. The molecule has 2 aromatic heterocycles. The minimum atomic E-state index is -0.631. The first-order chi connectivity index (χ1) is 9.19. The van der Waals surface area contributed by atoms with Crippen LogP contribution in [0.15, 0.2) is 22.8 Å². The van der Waals surface area contributed by atoms with Crippen molar-refractivity contribution >= 4 is 17.6 Å². The molecule has 0 N–H and O–H groups in total. The van der Waals surface area contributed by atoms with Gasteiger partial charge in [0.1, 0.15) is 12.0 Å². The quantitative estimate of drug-likeness (QED) is 0.804. The second-order valence-corrected chi connectivity index (χ2v) is 5.54. The lowest BCUT2D eigenvalue weighted by Gasteiger charge is -2.20. The molecular formula is C13H13NO4S. The summed E-state index contributed by atoms with van der Waals surface area (Å²) in [5.74, 6) is -0.0955. The van der Waals surface area contributed by atoms with E-state index in [1.54, 1.807) is 11.3 Å². The summed E-state index contributed by atoms with van der Waals surface area (Å²) in [5.41, 5.74) is 0.321. The van der Waals surface area contributed by atoms with E-state index in [-0.39, 0.29) is 0 Å². The Kier molecular flexibility index (Phi) is 3.22. The minimum absolute atomic E-state index is 0.321. The number of carbonyl (C=O) groups excluding carboxylic acids is 1. The second kappa shape index (κ2) is 4.88. The maximum atomic E-state index is 10.5. The summed E-state index contributed by atoms with van der Waals surface area (Å²) in [4.78, 5) is 16.7. The number of hydrogen-bond acceptors (Lipinski definition) is 6. The van der Waals surface area contributed by atoms with Crippen molar-refractivity contribution in [2.24, 2.45) is 0 Å². The highest BCUT2D eigenvalue weighted by Gasteiger charge is 2.34. The molecule has 2 aromatic rings. The van der Waals surface area contributed by atoms with Gasteiger partial charge in [-0.05, 0) is 19.1 Å². The molecule has 0 spiro atoms. The Bertz CT molecular complexity index is 583. The van der Waals surface area contributed by atoms with Gasteiger partial charge in [-0.3, -0.25) is 4.79 Å². The highest BCUT2D eigenvalue weighted by atomic mass is 32.1. The van der Waals surface area contributed by atoms with E-state index in [1.807, 2.05) is 19.1 Å². The summed E-state index contributed by atoms with van der Waals surface area (Å²) in [7, 11) is 0. The van der Waals surface area contributed by atoms with Gasteiger partial charge in [0, 0.05) is 4.88 Å². The smallest absolute Gasteiger partial charge is 0.201 e. The van der Waals surface area contributed by atoms with Crippen molar-refractivity contribution in [3.05, 3.63) is 39.7 Å². The molecule has 0 unspecified atom stereocenters. The Labute approximate surface area is 114 Å². The molecule has 3 heterocycles. The number of aromatic nitrogens is 1. The molecule has 0 saturated carbocycles. The maximum absolute atomic E-state index is 10.5. The van der Waals surface area contributed by atoms with Crippen LogP contribution in [0.25, 0.3) is 0 Å². The average molecular weight is 279 g/mol. The van der Waals surface area contributed by atoms with Crippen LogP contribution in [0.3, 0.4) is 0 Å². The second-order valence-electron chi connectivity index (χ2n) is 4.37. The van der Waals surface area contributed by atoms with E-state index in [0.717, 1.165) is 9.75 Å². The summed E-state index contributed by atoms with van der Waals surface area (Å²) in [5, 5.41) is 0. The third-order valence-electron chi connectivity index (χ3n) is 2.96. The van der Waals surface area contributed by atoms with Gasteiger partial charge in [-0.1, -0.05) is 0 Å². The summed E-state index contributed by atoms with van der Waals surface area (Å²) in [6.45, 7) is 3.16. The van der Waals surface area contributed by atoms with Crippen LogP contribution in [0.5, 0.6) is 0 Å². The van der Waals surface area contributed by atoms with E-state index in [0.29, 0.717) is 37.5 Å². The largest absolute Gasteiger partial charge is 0.448 e. The highest BCUT2D eigenvalue weighted by Crippen LogP contribution is 2.35. The lowest BCUT2D eigenvalue weighted by atomic mass is 10.2. The van der Waals surface area contributed by atoms with Gasteiger partial charge in [-0.2, -0.15) is 0 Å². The molecule has 0 amide bonds. The van der Waals surface area contributed by atoms with Crippen molar-refractivity contribution in [1.29, 1.82) is 0 Å². The van der Waals surface area contributed by atoms with Crippen LogP contribution < -0.4 is 0 Å². The van der Waals surface area contributed by atoms with Crippen LogP contribution >= 0.6 is 11.3 Å². The highest BCUT2D eigenvalue weighted by molar-refractivity contribution is 7.12. The fourth-order valence-electron chi connectivity index (χ4n) is 1.98. The third-order valence-corrected chi connectivity index (χ3v) is 4.23. The van der Waals surface area contributed by atoms with Crippen LogP contribution in [-0.4, -0.2) is 24.5 Å². The number of nitrogens with zero attached hydrogens (tertiary/aromatic N) is 1. The molecule has 0 aliphatic carbocycles. The van der Waals surface area contributed by atoms with E-state index >= 15 is 0 Å². The number of thiophene rings is 1. The third kappa shape index (κ3) is 2.47. The number of rotatable bonds is 4. The number of carbonyl (C=O) groups is 1. The molecule has 0 radical (unpaired) electrons. The Morgan fingerprint density at radius 2 is 2.21 bits per heavy atom. The molecule has 1 saturated heterocycles. The fraction of sp³-hybridized carbons (Fsp3) is 0.385. The Hall–Kier alpha value is -1.50. The van der Waals surface area contributed by atoms with Crippen LogP contribution in [0.1, 0.15) is 33.1 Å². The minimum Gasteiger partial charge on any atom is -0.448 e. The SMILES string of the molecule is CC1(c2ccc(Cc3nc(C=O)co3)s2)OCCO1. The number of aldehydes is 1. The van der Waals surface area contributed by atoms with Crippen LogP contribution in [0, 0.1) is 0 Å². The zero-order valence-electron chi connectivity index (χ0n) is 10.4. The van der Waals surface area contributed by atoms with Crippen molar-refractivity contribution in [2.75, 3.05) is 13.2 Å². The number of ether oxygens (including phenoxy) is 2. The summed E-state index contributed by atoms with van der Waals surface area (Å²) >= 11 is 1.60. The average Bonchev–Trinajstić information content (AvgIpc) is 3.10. The predicted octanol–water partition coefficient (Wildman–Crippen LogP) is 2.36. The van der Waals surface area contributed by atoms with Crippen molar-refractivity contribution in [1.82, 2.24) is 4.98 Å². The molecule has 0 atom stereocenters.